The molecule has 0 spiro atoms. The van der Waals surface area contributed by atoms with Crippen molar-refractivity contribution >= 4 is 0 Å². The van der Waals surface area contributed by atoms with Gasteiger partial charge in [0.2, 0.25) is 0 Å². The smallest absolute Gasteiger partial charge is 0.127 e. The van der Waals surface area contributed by atoms with E-state index >= 15 is 0 Å². The lowest BCUT2D eigenvalue weighted by atomic mass is 9.97. The van der Waals surface area contributed by atoms with Crippen LogP contribution in [0.4, 0.5) is 4.39 Å². The number of benzene rings is 1. The van der Waals surface area contributed by atoms with Gasteiger partial charge in [0, 0.05) is 11.6 Å². The summed E-state index contributed by atoms with van der Waals surface area (Å²) in [6, 6.07) is 7.21. The van der Waals surface area contributed by atoms with Crippen LogP contribution >= 0.6 is 0 Å². The van der Waals surface area contributed by atoms with Crippen molar-refractivity contribution in [1.82, 2.24) is 5.32 Å². The predicted molar refractivity (Wildman–Crippen MR) is 60.1 cm³/mol. The molecule has 82 valence electrons. The summed E-state index contributed by atoms with van der Waals surface area (Å²) in [6.07, 6.45) is 1.17. The molecule has 15 heavy (non-hydrogen) atoms. The minimum Gasteiger partial charge on any atom is -0.313 e. The molecule has 0 heterocycles. The van der Waals surface area contributed by atoms with Crippen LogP contribution in [0.5, 0.6) is 0 Å². The molecule has 1 saturated carbocycles. The summed E-state index contributed by atoms with van der Waals surface area (Å²) in [5.74, 6) is 0.457. The van der Waals surface area contributed by atoms with Crippen molar-refractivity contribution in [2.45, 2.75) is 26.3 Å². The van der Waals surface area contributed by atoms with E-state index in [2.05, 4.69) is 19.2 Å². The monoisotopic (exact) mass is 207 g/mol. The van der Waals surface area contributed by atoms with Crippen molar-refractivity contribution in [3.05, 3.63) is 35.6 Å². The topological polar surface area (TPSA) is 12.0 Å². The summed E-state index contributed by atoms with van der Waals surface area (Å²) in [5, 5.41) is 3.24. The lowest BCUT2D eigenvalue weighted by molar-refractivity contribution is 0.426. The maximum absolute atomic E-state index is 13.6. The first kappa shape index (κ1) is 10.6. The zero-order valence-corrected chi connectivity index (χ0v) is 9.55. The molecule has 0 amide bonds. The Morgan fingerprint density at radius 3 is 2.47 bits per heavy atom. The van der Waals surface area contributed by atoms with Gasteiger partial charge in [-0.2, -0.15) is 0 Å². The SMILES string of the molecule is CNC(c1ccccc1F)C1CC1(C)C. The summed E-state index contributed by atoms with van der Waals surface area (Å²) < 4.78 is 13.6. The van der Waals surface area contributed by atoms with E-state index in [-0.39, 0.29) is 11.9 Å². The van der Waals surface area contributed by atoms with E-state index in [0.29, 0.717) is 11.3 Å². The maximum atomic E-state index is 13.6. The van der Waals surface area contributed by atoms with Gasteiger partial charge < -0.3 is 5.32 Å². The van der Waals surface area contributed by atoms with Crippen LogP contribution in [0, 0.1) is 17.2 Å². The van der Waals surface area contributed by atoms with Gasteiger partial charge >= 0.3 is 0 Å². The van der Waals surface area contributed by atoms with Gasteiger partial charge in [-0.15, -0.1) is 0 Å². The molecule has 2 atom stereocenters. The lowest BCUT2D eigenvalue weighted by Crippen LogP contribution is -2.21. The van der Waals surface area contributed by atoms with E-state index in [1.54, 1.807) is 6.07 Å². The fourth-order valence-electron chi connectivity index (χ4n) is 2.38. The molecule has 1 aliphatic carbocycles. The van der Waals surface area contributed by atoms with Gasteiger partial charge in [0.1, 0.15) is 5.82 Å². The normalized spacial score (nSPS) is 24.9. The summed E-state index contributed by atoms with van der Waals surface area (Å²) in [5.41, 5.74) is 1.16. The molecule has 1 nitrogen and oxygen atoms in total. The molecule has 0 radical (unpaired) electrons. The third-order valence-electron chi connectivity index (χ3n) is 3.54. The second kappa shape index (κ2) is 3.60. The Bertz CT molecular complexity index is 359. The van der Waals surface area contributed by atoms with Crippen LogP contribution in [0.2, 0.25) is 0 Å². The van der Waals surface area contributed by atoms with Gasteiger partial charge in [-0.1, -0.05) is 32.0 Å². The van der Waals surface area contributed by atoms with E-state index in [9.17, 15) is 4.39 Å². The molecule has 0 aromatic heterocycles. The van der Waals surface area contributed by atoms with Gasteiger partial charge in [0.25, 0.3) is 0 Å². The van der Waals surface area contributed by atoms with Crippen LogP contribution in [-0.2, 0) is 0 Å². The van der Waals surface area contributed by atoms with Crippen molar-refractivity contribution < 1.29 is 4.39 Å². The molecule has 0 bridgehead atoms. The molecule has 0 saturated heterocycles. The number of nitrogens with one attached hydrogen (secondary N) is 1. The summed E-state index contributed by atoms with van der Waals surface area (Å²) >= 11 is 0. The Morgan fingerprint density at radius 2 is 2.00 bits per heavy atom. The van der Waals surface area contributed by atoms with Crippen LogP contribution in [0.15, 0.2) is 24.3 Å². The van der Waals surface area contributed by atoms with E-state index in [1.807, 2.05) is 19.2 Å². The van der Waals surface area contributed by atoms with Gasteiger partial charge in [-0.05, 0) is 30.9 Å². The molecule has 1 aromatic carbocycles. The number of halogens is 1. The second-order valence-electron chi connectivity index (χ2n) is 5.09. The average Bonchev–Trinajstić information content (AvgIpc) is 2.80. The van der Waals surface area contributed by atoms with Crippen LogP contribution in [-0.4, -0.2) is 7.05 Å². The van der Waals surface area contributed by atoms with E-state index < -0.39 is 0 Å². The Balaban J connectivity index is 2.25. The van der Waals surface area contributed by atoms with Crippen molar-refractivity contribution in [2.24, 2.45) is 11.3 Å². The quantitative estimate of drug-likeness (QED) is 0.803. The van der Waals surface area contributed by atoms with E-state index in [1.165, 1.54) is 12.5 Å². The first-order valence-electron chi connectivity index (χ1n) is 5.48. The van der Waals surface area contributed by atoms with E-state index in [4.69, 9.17) is 0 Å². The highest BCUT2D eigenvalue weighted by Gasteiger charge is 2.50. The first-order chi connectivity index (χ1) is 7.06. The molecular weight excluding hydrogens is 189 g/mol. The minimum absolute atomic E-state index is 0.0976. The molecule has 1 aromatic rings. The largest absolute Gasteiger partial charge is 0.313 e. The number of hydrogen-bond acceptors (Lipinski definition) is 1. The van der Waals surface area contributed by atoms with Gasteiger partial charge in [0.05, 0.1) is 0 Å². The number of hydrogen-bond donors (Lipinski definition) is 1. The number of rotatable bonds is 3. The highest BCUT2D eigenvalue weighted by molar-refractivity contribution is 5.24. The van der Waals surface area contributed by atoms with Crippen molar-refractivity contribution in [3.8, 4) is 0 Å². The molecule has 2 rings (SSSR count). The zero-order chi connectivity index (χ0) is 11.1. The second-order valence-corrected chi connectivity index (χ2v) is 5.09. The average molecular weight is 207 g/mol. The van der Waals surface area contributed by atoms with Crippen molar-refractivity contribution in [3.63, 3.8) is 0 Å². The van der Waals surface area contributed by atoms with Crippen LogP contribution in [0.25, 0.3) is 0 Å². The predicted octanol–water partition coefficient (Wildman–Crippen LogP) is 3.13. The Kier molecular flexibility index (Phi) is 2.55. The van der Waals surface area contributed by atoms with E-state index in [0.717, 1.165) is 5.56 Å². The fourth-order valence-corrected chi connectivity index (χ4v) is 2.38. The van der Waals surface area contributed by atoms with Crippen molar-refractivity contribution in [1.29, 1.82) is 0 Å². The third kappa shape index (κ3) is 1.91. The fraction of sp³-hybridized carbons (Fsp3) is 0.538. The Morgan fingerprint density at radius 1 is 1.40 bits per heavy atom. The Labute approximate surface area is 90.7 Å². The van der Waals surface area contributed by atoms with Crippen LogP contribution < -0.4 is 5.32 Å². The van der Waals surface area contributed by atoms with Gasteiger partial charge in [0.15, 0.2) is 0 Å². The highest BCUT2D eigenvalue weighted by Crippen LogP contribution is 2.57. The molecule has 1 fully saturated rings. The maximum Gasteiger partial charge on any atom is 0.127 e. The van der Waals surface area contributed by atoms with Gasteiger partial charge in [-0.3, -0.25) is 0 Å². The Hall–Kier alpha value is -0.890. The molecular formula is C13H18FN. The highest BCUT2D eigenvalue weighted by atomic mass is 19.1. The zero-order valence-electron chi connectivity index (χ0n) is 9.55. The third-order valence-corrected chi connectivity index (χ3v) is 3.54. The molecule has 1 aliphatic rings. The van der Waals surface area contributed by atoms with Crippen molar-refractivity contribution in [2.75, 3.05) is 7.05 Å². The molecule has 0 aliphatic heterocycles. The summed E-state index contributed by atoms with van der Waals surface area (Å²) in [6.45, 7) is 4.48. The van der Waals surface area contributed by atoms with Gasteiger partial charge in [-0.25, -0.2) is 4.39 Å². The minimum atomic E-state index is -0.0976. The van der Waals surface area contributed by atoms with Crippen LogP contribution in [0.1, 0.15) is 31.9 Å². The van der Waals surface area contributed by atoms with Crippen LogP contribution in [0.3, 0.4) is 0 Å². The summed E-state index contributed by atoms with van der Waals surface area (Å²) in [4.78, 5) is 0. The molecule has 1 N–H and O–H groups in total. The first-order valence-corrected chi connectivity index (χ1v) is 5.48. The lowest BCUT2D eigenvalue weighted by Gasteiger charge is -2.19. The summed E-state index contributed by atoms with van der Waals surface area (Å²) in [7, 11) is 1.91. The molecule has 2 unspecified atom stereocenters. The molecule has 2 heteroatoms. The standard InChI is InChI=1S/C13H18FN/c1-13(2)8-10(13)12(15-3)9-6-4-5-7-11(9)14/h4-7,10,12,15H,8H2,1-3H3.